The van der Waals surface area contributed by atoms with E-state index in [1.54, 1.807) is 49.5 Å². The van der Waals surface area contributed by atoms with E-state index in [0.717, 1.165) is 38.0 Å². The number of rotatable bonds is 5. The maximum absolute atomic E-state index is 13.5. The van der Waals surface area contributed by atoms with Gasteiger partial charge >= 0.3 is 0 Å². The number of hydrogen-bond acceptors (Lipinski definition) is 7. The lowest BCUT2D eigenvalue weighted by molar-refractivity contribution is -0.130. The molecule has 9 nitrogen and oxygen atoms in total. The number of nitrogens with one attached hydrogen (secondary N) is 1. The van der Waals surface area contributed by atoms with Crippen LogP contribution < -0.4 is 10.2 Å². The van der Waals surface area contributed by atoms with E-state index >= 15 is 0 Å². The number of nitrogens with zero attached hydrogens (tertiary/aromatic N) is 3. The average Bonchev–Trinajstić information content (AvgIpc) is 3.30. The van der Waals surface area contributed by atoms with Gasteiger partial charge in [-0.05, 0) is 68.6 Å². The summed E-state index contributed by atoms with van der Waals surface area (Å²) >= 11 is 0. The first-order chi connectivity index (χ1) is 16.7. The predicted molar refractivity (Wildman–Crippen MR) is 129 cm³/mol. The molecule has 2 atom stereocenters. The van der Waals surface area contributed by atoms with Crippen LogP contribution in [-0.4, -0.2) is 55.7 Å². The van der Waals surface area contributed by atoms with Crippen LogP contribution in [0.25, 0.3) is 5.76 Å². The van der Waals surface area contributed by atoms with Gasteiger partial charge in [-0.2, -0.15) is 13.7 Å². The molecule has 182 valence electrons. The second kappa shape index (κ2) is 9.00. The Bertz CT molecular complexity index is 1340. The highest BCUT2D eigenvalue weighted by Gasteiger charge is 2.40. The van der Waals surface area contributed by atoms with Crippen LogP contribution in [0.2, 0.25) is 0 Å². The van der Waals surface area contributed by atoms with E-state index in [9.17, 15) is 23.0 Å². The number of amides is 1. The summed E-state index contributed by atoms with van der Waals surface area (Å²) < 4.78 is 40.3. The molecule has 0 spiro atoms. The van der Waals surface area contributed by atoms with Crippen LogP contribution in [0.5, 0.6) is 0 Å². The SMILES string of the molecule is Cc1ccc(S(=O)(=O)O)c(N2C=C(c3cccc(C#N)c3)OC2C(=O)N[C@H]2CN3CCC2CC3)c1. The zero-order chi connectivity index (χ0) is 24.7. The van der Waals surface area contributed by atoms with Gasteiger partial charge in [-0.25, -0.2) is 0 Å². The Morgan fingerprint density at radius 3 is 2.63 bits per heavy atom. The summed E-state index contributed by atoms with van der Waals surface area (Å²) in [7, 11) is -4.57. The number of anilines is 1. The third-order valence-corrected chi connectivity index (χ3v) is 7.80. The summed E-state index contributed by atoms with van der Waals surface area (Å²) in [5, 5.41) is 12.4. The summed E-state index contributed by atoms with van der Waals surface area (Å²) in [6.45, 7) is 4.63. The number of aryl methyl sites for hydroxylation is 1. The lowest BCUT2D eigenvalue weighted by atomic mass is 9.84. The summed E-state index contributed by atoms with van der Waals surface area (Å²) in [6.07, 6.45) is 2.40. The van der Waals surface area contributed by atoms with Gasteiger partial charge in [0.25, 0.3) is 22.3 Å². The molecule has 4 aliphatic heterocycles. The Morgan fingerprint density at radius 1 is 1.20 bits per heavy atom. The van der Waals surface area contributed by atoms with Gasteiger partial charge in [-0.15, -0.1) is 0 Å². The van der Waals surface area contributed by atoms with Crippen molar-refractivity contribution in [1.29, 1.82) is 5.26 Å². The molecule has 1 unspecified atom stereocenters. The maximum Gasteiger partial charge on any atom is 0.296 e. The van der Waals surface area contributed by atoms with Crippen molar-refractivity contribution in [2.75, 3.05) is 24.5 Å². The van der Waals surface area contributed by atoms with E-state index in [1.807, 2.05) is 0 Å². The fourth-order valence-electron chi connectivity index (χ4n) is 5.09. The normalized spacial score (nSPS) is 25.5. The van der Waals surface area contributed by atoms with Crippen LogP contribution >= 0.6 is 0 Å². The van der Waals surface area contributed by atoms with Gasteiger partial charge in [0.1, 0.15) is 10.7 Å². The first-order valence-corrected chi connectivity index (χ1v) is 12.9. The molecule has 6 rings (SSSR count). The minimum atomic E-state index is -4.57. The van der Waals surface area contributed by atoms with Gasteiger partial charge in [0.15, 0.2) is 0 Å². The Kier molecular flexibility index (Phi) is 6.01. The van der Waals surface area contributed by atoms with Crippen LogP contribution in [0.15, 0.2) is 53.6 Å². The van der Waals surface area contributed by atoms with Crippen molar-refractivity contribution in [3.8, 4) is 6.07 Å². The fraction of sp³-hybridized carbons (Fsp3) is 0.360. The zero-order valence-electron chi connectivity index (χ0n) is 19.2. The van der Waals surface area contributed by atoms with Crippen molar-refractivity contribution in [2.45, 2.75) is 36.9 Å². The number of ether oxygens (including phenoxy) is 1. The smallest absolute Gasteiger partial charge is 0.296 e. The zero-order valence-corrected chi connectivity index (χ0v) is 20.0. The largest absolute Gasteiger partial charge is 0.458 e. The van der Waals surface area contributed by atoms with Gasteiger partial charge in [0, 0.05) is 18.2 Å². The van der Waals surface area contributed by atoms with Gasteiger partial charge in [-0.1, -0.05) is 18.2 Å². The van der Waals surface area contributed by atoms with E-state index in [-0.39, 0.29) is 16.6 Å². The lowest BCUT2D eigenvalue weighted by Crippen LogP contribution is -2.59. The fourth-order valence-corrected chi connectivity index (χ4v) is 5.76. The third-order valence-electron chi connectivity index (χ3n) is 6.90. The predicted octanol–water partition coefficient (Wildman–Crippen LogP) is 2.49. The summed E-state index contributed by atoms with van der Waals surface area (Å²) in [5.41, 5.74) is 1.88. The molecular weight excluding hydrogens is 468 g/mol. The highest BCUT2D eigenvalue weighted by atomic mass is 32.2. The van der Waals surface area contributed by atoms with Crippen molar-refractivity contribution in [3.63, 3.8) is 0 Å². The van der Waals surface area contributed by atoms with Gasteiger partial charge in [0.05, 0.1) is 23.5 Å². The van der Waals surface area contributed by atoms with Crippen LogP contribution in [0.1, 0.15) is 29.5 Å². The second-order valence-corrected chi connectivity index (χ2v) is 10.7. The van der Waals surface area contributed by atoms with Crippen molar-refractivity contribution in [1.82, 2.24) is 10.2 Å². The average molecular weight is 495 g/mol. The molecule has 3 fully saturated rings. The molecule has 4 heterocycles. The molecule has 2 bridgehead atoms. The number of carbonyl (C=O) groups excluding carboxylic acids is 1. The van der Waals surface area contributed by atoms with E-state index in [1.165, 1.54) is 11.0 Å². The summed E-state index contributed by atoms with van der Waals surface area (Å²) in [4.78, 5) is 17.0. The number of fused-ring (bicyclic) bond motifs is 3. The molecule has 2 aromatic rings. The van der Waals surface area contributed by atoms with E-state index in [4.69, 9.17) is 4.74 Å². The number of hydrogen-bond donors (Lipinski definition) is 2. The number of benzene rings is 2. The lowest BCUT2D eigenvalue weighted by Gasteiger charge is -2.45. The van der Waals surface area contributed by atoms with Crippen LogP contribution in [0.3, 0.4) is 0 Å². The van der Waals surface area contributed by atoms with E-state index in [2.05, 4.69) is 16.3 Å². The Morgan fingerprint density at radius 2 is 1.97 bits per heavy atom. The van der Waals surface area contributed by atoms with E-state index in [0.29, 0.717) is 22.8 Å². The Labute approximate surface area is 204 Å². The number of carbonyl (C=O) groups is 1. The highest BCUT2D eigenvalue weighted by molar-refractivity contribution is 7.86. The first kappa shape index (κ1) is 23.4. The molecule has 1 amide bonds. The first-order valence-electron chi connectivity index (χ1n) is 11.5. The van der Waals surface area contributed by atoms with Gasteiger partial charge < -0.3 is 15.0 Å². The van der Waals surface area contributed by atoms with Crippen molar-refractivity contribution in [3.05, 3.63) is 65.4 Å². The molecular formula is C25H26N4O5S. The molecule has 10 heteroatoms. The minimum absolute atomic E-state index is 0.0139. The van der Waals surface area contributed by atoms with Crippen molar-refractivity contribution >= 4 is 27.5 Å². The quantitative estimate of drug-likeness (QED) is 0.608. The Balaban J connectivity index is 1.52. The standard InChI is InChI=1S/C25H26N4O5S/c1-16-5-6-23(35(31,32)33)21(11-16)29-15-22(19-4-2-3-17(12-19)13-26)34-25(29)24(30)27-20-14-28-9-7-18(20)8-10-28/h2-6,11-12,15,18,20,25H,7-10,14H2,1H3,(H,27,30)(H,31,32,33)/t20-,25?/m0/s1. The van der Waals surface area contributed by atoms with Gasteiger partial charge in [-0.3, -0.25) is 14.2 Å². The third kappa shape index (κ3) is 4.62. The second-order valence-electron chi connectivity index (χ2n) is 9.26. The van der Waals surface area contributed by atoms with Crippen LogP contribution in [0.4, 0.5) is 5.69 Å². The molecule has 35 heavy (non-hydrogen) atoms. The highest BCUT2D eigenvalue weighted by Crippen LogP contribution is 2.36. The number of nitriles is 1. The summed E-state index contributed by atoms with van der Waals surface area (Å²) in [6, 6.07) is 13.3. The number of piperidine rings is 3. The van der Waals surface area contributed by atoms with E-state index < -0.39 is 22.3 Å². The molecule has 0 saturated carbocycles. The van der Waals surface area contributed by atoms with Crippen LogP contribution in [0, 0.1) is 24.2 Å². The summed E-state index contributed by atoms with van der Waals surface area (Å²) in [5.74, 6) is 0.319. The van der Waals surface area contributed by atoms with Crippen molar-refractivity contribution < 1.29 is 22.5 Å². The molecule has 2 aromatic carbocycles. The van der Waals surface area contributed by atoms with Crippen molar-refractivity contribution in [2.24, 2.45) is 5.92 Å². The van der Waals surface area contributed by atoms with Crippen LogP contribution in [-0.2, 0) is 19.6 Å². The monoisotopic (exact) mass is 494 g/mol. The molecule has 4 aliphatic rings. The molecule has 3 saturated heterocycles. The minimum Gasteiger partial charge on any atom is -0.458 e. The molecule has 0 radical (unpaired) electrons. The molecule has 0 aliphatic carbocycles. The Hall–Kier alpha value is -3.39. The maximum atomic E-state index is 13.5. The molecule has 2 N–H and O–H groups in total. The molecule has 0 aromatic heterocycles. The topological polar surface area (TPSA) is 123 Å². The van der Waals surface area contributed by atoms with Gasteiger partial charge in [0.2, 0.25) is 0 Å².